The number of aliphatic carboxylic acids is 1. The number of carbonyl (C=O) groups excluding carboxylic acids is 1. The van der Waals surface area contributed by atoms with E-state index in [1.807, 2.05) is 19.1 Å². The van der Waals surface area contributed by atoms with Gasteiger partial charge in [0.2, 0.25) is 12.7 Å². The second kappa shape index (κ2) is 6.48. The Kier molecular flexibility index (Phi) is 4.41. The zero-order valence-corrected chi connectivity index (χ0v) is 13.2. The Morgan fingerprint density at radius 1 is 1.26 bits per heavy atom. The lowest BCUT2D eigenvalue weighted by Crippen LogP contribution is -2.31. The minimum absolute atomic E-state index is 0.0336. The summed E-state index contributed by atoms with van der Waals surface area (Å²) in [6.07, 6.45) is 2.02. The lowest BCUT2D eigenvalue weighted by molar-refractivity contribution is -0.142. The number of likely N-dealkylation sites (tertiary alicyclic amines) is 1. The largest absolute Gasteiger partial charge is 0.481 e. The second-order valence-electron chi connectivity index (χ2n) is 6.16. The summed E-state index contributed by atoms with van der Waals surface area (Å²) < 4.78 is 10.6. The molecule has 3 rings (SSSR count). The fourth-order valence-electron chi connectivity index (χ4n) is 3.36. The maximum atomic E-state index is 12.5. The summed E-state index contributed by atoms with van der Waals surface area (Å²) in [5.74, 6) is 0.115. The van der Waals surface area contributed by atoms with Crippen molar-refractivity contribution in [1.82, 2.24) is 4.90 Å². The van der Waals surface area contributed by atoms with Gasteiger partial charge in [0, 0.05) is 13.1 Å². The van der Waals surface area contributed by atoms with Crippen LogP contribution in [0.4, 0.5) is 0 Å². The van der Waals surface area contributed by atoms with Gasteiger partial charge in [-0.2, -0.15) is 0 Å². The van der Waals surface area contributed by atoms with Gasteiger partial charge in [0.1, 0.15) is 0 Å². The van der Waals surface area contributed by atoms with Crippen LogP contribution < -0.4 is 9.47 Å². The minimum atomic E-state index is -0.804. The number of nitrogens with zero attached hydrogens (tertiary/aromatic N) is 1. The van der Waals surface area contributed by atoms with Gasteiger partial charge >= 0.3 is 5.97 Å². The van der Waals surface area contributed by atoms with Crippen LogP contribution in [0.3, 0.4) is 0 Å². The molecule has 124 valence electrons. The molecule has 1 saturated heterocycles. The second-order valence-corrected chi connectivity index (χ2v) is 6.16. The van der Waals surface area contributed by atoms with Crippen LogP contribution >= 0.6 is 0 Å². The maximum Gasteiger partial charge on any atom is 0.308 e. The van der Waals surface area contributed by atoms with Crippen LogP contribution in [-0.2, 0) is 16.0 Å². The summed E-state index contributed by atoms with van der Waals surface area (Å²) in [6, 6.07) is 5.46. The Balaban J connectivity index is 1.65. The van der Waals surface area contributed by atoms with E-state index in [-0.39, 0.29) is 25.0 Å². The van der Waals surface area contributed by atoms with E-state index in [0.717, 1.165) is 18.4 Å². The monoisotopic (exact) mass is 319 g/mol. The Hall–Kier alpha value is -2.24. The molecule has 0 bridgehead atoms. The van der Waals surface area contributed by atoms with Crippen LogP contribution in [0, 0.1) is 11.8 Å². The highest BCUT2D eigenvalue weighted by Gasteiger charge is 2.38. The molecule has 23 heavy (non-hydrogen) atoms. The molecule has 0 saturated carbocycles. The minimum Gasteiger partial charge on any atom is -0.481 e. The molecule has 0 spiro atoms. The number of fused-ring (bicyclic) bond motifs is 1. The summed E-state index contributed by atoms with van der Waals surface area (Å²) in [5.41, 5.74) is 0.852. The van der Waals surface area contributed by atoms with E-state index in [4.69, 9.17) is 9.47 Å². The van der Waals surface area contributed by atoms with Crippen LogP contribution in [0.1, 0.15) is 25.3 Å². The maximum absolute atomic E-state index is 12.5. The summed E-state index contributed by atoms with van der Waals surface area (Å²) in [5, 5.41) is 9.34. The van der Waals surface area contributed by atoms with Crippen molar-refractivity contribution in [3.63, 3.8) is 0 Å². The van der Waals surface area contributed by atoms with Crippen LogP contribution in [-0.4, -0.2) is 41.8 Å². The average Bonchev–Trinajstić information content (AvgIpc) is 3.13. The van der Waals surface area contributed by atoms with Gasteiger partial charge in [0.05, 0.1) is 12.3 Å². The van der Waals surface area contributed by atoms with Crippen LogP contribution in [0.2, 0.25) is 0 Å². The standard InChI is InChI=1S/C17H21NO5/c1-2-3-12-8-18(9-13(12)17(20)21)16(19)7-11-4-5-14-15(6-11)23-10-22-14/h4-6,12-13H,2-3,7-10H2,1H3,(H,20,21)/t12-,13-/m1/s1. The Labute approximate surface area is 135 Å². The van der Waals surface area contributed by atoms with Crippen molar-refractivity contribution in [3.8, 4) is 11.5 Å². The van der Waals surface area contributed by atoms with E-state index in [1.165, 1.54) is 0 Å². The van der Waals surface area contributed by atoms with Gasteiger partial charge in [-0.15, -0.1) is 0 Å². The lowest BCUT2D eigenvalue weighted by Gasteiger charge is -2.16. The molecule has 0 aliphatic carbocycles. The van der Waals surface area contributed by atoms with E-state index in [9.17, 15) is 14.7 Å². The topological polar surface area (TPSA) is 76.1 Å². The van der Waals surface area contributed by atoms with Crippen molar-refractivity contribution < 1.29 is 24.2 Å². The first-order valence-electron chi connectivity index (χ1n) is 7.97. The van der Waals surface area contributed by atoms with Gasteiger partial charge in [-0.25, -0.2) is 0 Å². The smallest absolute Gasteiger partial charge is 0.308 e. The van der Waals surface area contributed by atoms with E-state index >= 15 is 0 Å². The summed E-state index contributed by atoms with van der Waals surface area (Å²) in [6.45, 7) is 3.09. The van der Waals surface area contributed by atoms with E-state index in [2.05, 4.69) is 0 Å². The molecule has 0 radical (unpaired) electrons. The predicted octanol–water partition coefficient (Wildman–Crippen LogP) is 1.92. The molecule has 6 nitrogen and oxygen atoms in total. The van der Waals surface area contributed by atoms with Crippen LogP contribution in [0.25, 0.3) is 0 Å². The number of hydrogen-bond donors (Lipinski definition) is 1. The SMILES string of the molecule is CCC[C@@H]1CN(C(=O)Cc2ccc3c(c2)OCO3)C[C@H]1C(=O)O. The molecule has 6 heteroatoms. The van der Waals surface area contributed by atoms with Gasteiger partial charge in [-0.05, 0) is 30.0 Å². The average molecular weight is 319 g/mol. The number of benzene rings is 1. The number of amides is 1. The third-order valence-corrected chi connectivity index (χ3v) is 4.56. The number of carbonyl (C=O) groups is 2. The summed E-state index contributed by atoms with van der Waals surface area (Å²) in [4.78, 5) is 25.6. The zero-order valence-electron chi connectivity index (χ0n) is 13.2. The first-order valence-corrected chi connectivity index (χ1v) is 7.97. The van der Waals surface area contributed by atoms with Crippen LogP contribution in [0.5, 0.6) is 11.5 Å². The number of carboxylic acid groups (broad SMARTS) is 1. The van der Waals surface area contributed by atoms with Crippen molar-refractivity contribution in [1.29, 1.82) is 0 Å². The third-order valence-electron chi connectivity index (χ3n) is 4.56. The zero-order chi connectivity index (χ0) is 16.4. The number of ether oxygens (including phenoxy) is 2. The molecule has 1 N–H and O–H groups in total. The molecule has 2 aliphatic heterocycles. The highest BCUT2D eigenvalue weighted by Crippen LogP contribution is 2.33. The van der Waals surface area contributed by atoms with E-state index < -0.39 is 11.9 Å². The molecule has 0 unspecified atom stereocenters. The first-order chi connectivity index (χ1) is 11.1. The van der Waals surface area contributed by atoms with Gasteiger partial charge in [0.25, 0.3) is 0 Å². The van der Waals surface area contributed by atoms with E-state index in [1.54, 1.807) is 11.0 Å². The molecule has 1 fully saturated rings. The molecule has 2 aliphatic rings. The van der Waals surface area contributed by atoms with Gasteiger partial charge in [0.15, 0.2) is 11.5 Å². The first kappa shape index (κ1) is 15.6. The Bertz CT molecular complexity index is 615. The number of hydrogen-bond acceptors (Lipinski definition) is 4. The Morgan fingerprint density at radius 2 is 2.04 bits per heavy atom. The van der Waals surface area contributed by atoms with Gasteiger partial charge < -0.3 is 19.5 Å². The molecule has 1 aromatic carbocycles. The molecule has 1 amide bonds. The lowest BCUT2D eigenvalue weighted by atomic mass is 9.92. The molecule has 2 atom stereocenters. The summed E-state index contributed by atoms with van der Waals surface area (Å²) >= 11 is 0. The molecular weight excluding hydrogens is 298 g/mol. The molecule has 1 aromatic rings. The molecule has 0 aromatic heterocycles. The quantitative estimate of drug-likeness (QED) is 0.897. The highest BCUT2D eigenvalue weighted by molar-refractivity contribution is 5.81. The normalized spacial score (nSPS) is 22.4. The highest BCUT2D eigenvalue weighted by atomic mass is 16.7. The van der Waals surface area contributed by atoms with Gasteiger partial charge in [-0.1, -0.05) is 19.4 Å². The van der Waals surface area contributed by atoms with Gasteiger partial charge in [-0.3, -0.25) is 9.59 Å². The van der Waals surface area contributed by atoms with Crippen LogP contribution in [0.15, 0.2) is 18.2 Å². The number of rotatable bonds is 5. The van der Waals surface area contributed by atoms with E-state index in [0.29, 0.717) is 24.6 Å². The van der Waals surface area contributed by atoms with Crippen molar-refractivity contribution in [2.75, 3.05) is 19.9 Å². The van der Waals surface area contributed by atoms with Crippen molar-refractivity contribution in [2.24, 2.45) is 11.8 Å². The third kappa shape index (κ3) is 3.25. The fraction of sp³-hybridized carbons (Fsp3) is 0.529. The van der Waals surface area contributed by atoms with Crippen molar-refractivity contribution in [3.05, 3.63) is 23.8 Å². The fourth-order valence-corrected chi connectivity index (χ4v) is 3.36. The predicted molar refractivity (Wildman–Crippen MR) is 82.4 cm³/mol. The van der Waals surface area contributed by atoms with Crippen molar-refractivity contribution in [2.45, 2.75) is 26.2 Å². The summed E-state index contributed by atoms with van der Waals surface area (Å²) in [7, 11) is 0. The number of carboxylic acids is 1. The van der Waals surface area contributed by atoms with Crippen molar-refractivity contribution >= 4 is 11.9 Å². The Morgan fingerprint density at radius 3 is 2.78 bits per heavy atom. The molecule has 2 heterocycles. The molecular formula is C17H21NO5.